The zero-order valence-electron chi connectivity index (χ0n) is 9.39. The molecular formula is C12H14N4O. The molecule has 0 aliphatic rings. The summed E-state index contributed by atoms with van der Waals surface area (Å²) in [5, 5.41) is 0. The van der Waals surface area contributed by atoms with Crippen molar-refractivity contribution in [2.24, 2.45) is 0 Å². The van der Waals surface area contributed by atoms with Crippen molar-refractivity contribution < 1.29 is 0 Å². The monoisotopic (exact) mass is 230 g/mol. The number of nitrogens with zero attached hydrogens (tertiary/aromatic N) is 2. The number of aromatic nitrogens is 3. The highest BCUT2D eigenvalue weighted by Crippen LogP contribution is 2.04. The fraction of sp³-hybridized carbons (Fsp3) is 0.250. The molecule has 0 atom stereocenters. The van der Waals surface area contributed by atoms with Gasteiger partial charge in [0.1, 0.15) is 5.82 Å². The third kappa shape index (κ3) is 3.41. The van der Waals surface area contributed by atoms with Gasteiger partial charge < -0.3 is 5.73 Å². The van der Waals surface area contributed by atoms with Gasteiger partial charge in [0.15, 0.2) is 0 Å². The van der Waals surface area contributed by atoms with E-state index in [1.807, 2.05) is 18.2 Å². The maximum absolute atomic E-state index is 11.1. The highest BCUT2D eigenvalue weighted by atomic mass is 16.1. The Morgan fingerprint density at radius 1 is 1.12 bits per heavy atom. The summed E-state index contributed by atoms with van der Waals surface area (Å²) in [7, 11) is 0. The molecule has 2 aromatic rings. The normalized spacial score (nSPS) is 10.4. The summed E-state index contributed by atoms with van der Waals surface area (Å²) >= 11 is 0. The van der Waals surface area contributed by atoms with E-state index in [0.717, 1.165) is 12.8 Å². The van der Waals surface area contributed by atoms with Crippen molar-refractivity contribution in [3.8, 4) is 0 Å². The van der Waals surface area contributed by atoms with E-state index in [-0.39, 0.29) is 5.95 Å². The van der Waals surface area contributed by atoms with Gasteiger partial charge in [-0.3, -0.25) is 4.98 Å². The van der Waals surface area contributed by atoms with Crippen LogP contribution >= 0.6 is 0 Å². The Kier molecular flexibility index (Phi) is 3.49. The molecule has 0 aliphatic carbocycles. The second kappa shape index (κ2) is 5.25. The van der Waals surface area contributed by atoms with Crippen LogP contribution in [0.5, 0.6) is 0 Å². The minimum absolute atomic E-state index is 0.0310. The van der Waals surface area contributed by atoms with Crippen LogP contribution in [0.2, 0.25) is 0 Å². The number of nitrogens with two attached hydrogens (primary N) is 1. The second-order valence-corrected chi connectivity index (χ2v) is 3.80. The lowest BCUT2D eigenvalue weighted by atomic mass is 10.1. The summed E-state index contributed by atoms with van der Waals surface area (Å²) in [6.45, 7) is 0. The Morgan fingerprint density at radius 2 is 1.88 bits per heavy atom. The standard InChI is InChI=1S/C12H14N4O/c13-11-14-10(15-12(17)16-11)8-4-7-9-5-2-1-3-6-9/h1-3,5-6H,4,7-8H2,(H3,13,14,15,16,17). The van der Waals surface area contributed by atoms with E-state index in [9.17, 15) is 4.79 Å². The Morgan fingerprint density at radius 3 is 2.59 bits per heavy atom. The molecule has 0 spiro atoms. The third-order valence-corrected chi connectivity index (χ3v) is 2.44. The Labute approximate surface area is 98.7 Å². The van der Waals surface area contributed by atoms with Crippen LogP contribution < -0.4 is 11.4 Å². The first-order valence-electron chi connectivity index (χ1n) is 5.51. The van der Waals surface area contributed by atoms with Gasteiger partial charge in [-0.05, 0) is 18.4 Å². The fourth-order valence-electron chi connectivity index (χ4n) is 1.67. The molecule has 0 saturated carbocycles. The van der Waals surface area contributed by atoms with Gasteiger partial charge in [0, 0.05) is 6.42 Å². The van der Waals surface area contributed by atoms with Gasteiger partial charge in [-0.2, -0.15) is 9.97 Å². The zero-order valence-corrected chi connectivity index (χ0v) is 9.39. The number of nitrogen functional groups attached to an aromatic ring is 1. The molecule has 17 heavy (non-hydrogen) atoms. The predicted molar refractivity (Wildman–Crippen MR) is 65.5 cm³/mol. The summed E-state index contributed by atoms with van der Waals surface area (Å²) < 4.78 is 0. The van der Waals surface area contributed by atoms with E-state index in [1.54, 1.807) is 0 Å². The molecule has 0 amide bonds. The molecule has 1 aromatic heterocycles. The highest BCUT2D eigenvalue weighted by Gasteiger charge is 2.00. The first kappa shape index (κ1) is 11.3. The molecule has 2 rings (SSSR count). The van der Waals surface area contributed by atoms with Crippen LogP contribution in [-0.2, 0) is 12.8 Å². The smallest absolute Gasteiger partial charge is 0.349 e. The number of hydrogen-bond donors (Lipinski definition) is 2. The molecule has 0 unspecified atom stereocenters. The van der Waals surface area contributed by atoms with Crippen molar-refractivity contribution in [2.75, 3.05) is 5.73 Å². The van der Waals surface area contributed by atoms with E-state index < -0.39 is 5.69 Å². The van der Waals surface area contributed by atoms with Crippen LogP contribution in [0.15, 0.2) is 35.1 Å². The molecule has 88 valence electrons. The molecule has 0 fully saturated rings. The molecule has 0 bridgehead atoms. The van der Waals surface area contributed by atoms with Crippen LogP contribution in [0.25, 0.3) is 0 Å². The van der Waals surface area contributed by atoms with E-state index in [2.05, 4.69) is 27.1 Å². The van der Waals surface area contributed by atoms with Crippen molar-refractivity contribution in [1.82, 2.24) is 15.0 Å². The molecule has 5 nitrogen and oxygen atoms in total. The maximum Gasteiger partial charge on any atom is 0.349 e. The van der Waals surface area contributed by atoms with Crippen LogP contribution in [0, 0.1) is 0 Å². The average Bonchev–Trinajstić information content (AvgIpc) is 2.29. The molecule has 0 radical (unpaired) electrons. The number of aryl methyl sites for hydroxylation is 2. The Balaban J connectivity index is 1.92. The largest absolute Gasteiger partial charge is 0.368 e. The number of H-pyrrole nitrogens is 1. The first-order valence-corrected chi connectivity index (χ1v) is 5.51. The van der Waals surface area contributed by atoms with E-state index in [1.165, 1.54) is 5.56 Å². The lowest BCUT2D eigenvalue weighted by Crippen LogP contribution is -2.17. The fourth-order valence-corrected chi connectivity index (χ4v) is 1.67. The Hall–Kier alpha value is -2.17. The minimum Gasteiger partial charge on any atom is -0.368 e. The molecule has 3 N–H and O–H groups in total. The number of anilines is 1. The van der Waals surface area contributed by atoms with Crippen LogP contribution in [0.1, 0.15) is 17.8 Å². The van der Waals surface area contributed by atoms with Gasteiger partial charge in [-0.1, -0.05) is 30.3 Å². The van der Waals surface area contributed by atoms with Crippen molar-refractivity contribution in [2.45, 2.75) is 19.3 Å². The molecule has 0 aliphatic heterocycles. The van der Waals surface area contributed by atoms with Crippen molar-refractivity contribution in [3.63, 3.8) is 0 Å². The average molecular weight is 230 g/mol. The van der Waals surface area contributed by atoms with E-state index >= 15 is 0 Å². The van der Waals surface area contributed by atoms with Gasteiger partial charge in [0.25, 0.3) is 0 Å². The van der Waals surface area contributed by atoms with Crippen molar-refractivity contribution >= 4 is 5.95 Å². The highest BCUT2D eigenvalue weighted by molar-refractivity contribution is 5.15. The number of benzene rings is 1. The summed E-state index contributed by atoms with van der Waals surface area (Å²) in [5.41, 5.74) is 6.24. The minimum atomic E-state index is -0.438. The second-order valence-electron chi connectivity index (χ2n) is 3.80. The summed E-state index contributed by atoms with van der Waals surface area (Å²) in [6, 6.07) is 10.2. The lowest BCUT2D eigenvalue weighted by Gasteiger charge is -2.01. The van der Waals surface area contributed by atoms with Crippen LogP contribution in [0.4, 0.5) is 5.95 Å². The summed E-state index contributed by atoms with van der Waals surface area (Å²) in [6.07, 6.45) is 2.56. The van der Waals surface area contributed by atoms with Crippen LogP contribution in [-0.4, -0.2) is 15.0 Å². The van der Waals surface area contributed by atoms with Gasteiger partial charge >= 0.3 is 5.69 Å². The molecule has 1 aromatic carbocycles. The SMILES string of the molecule is Nc1nc(CCCc2ccccc2)[nH]c(=O)n1. The predicted octanol–water partition coefficient (Wildman–Crippen LogP) is 0.922. The summed E-state index contributed by atoms with van der Waals surface area (Å²) in [5.74, 6) is 0.627. The van der Waals surface area contributed by atoms with E-state index in [4.69, 9.17) is 5.73 Å². The molecule has 1 heterocycles. The summed E-state index contributed by atoms with van der Waals surface area (Å²) in [4.78, 5) is 21.1. The van der Waals surface area contributed by atoms with E-state index in [0.29, 0.717) is 12.2 Å². The Bertz CT molecular complexity index is 536. The number of nitrogens with one attached hydrogen (secondary N) is 1. The molecule has 0 saturated heterocycles. The van der Waals surface area contributed by atoms with Crippen molar-refractivity contribution in [1.29, 1.82) is 0 Å². The molecule has 5 heteroatoms. The zero-order chi connectivity index (χ0) is 12.1. The van der Waals surface area contributed by atoms with Gasteiger partial charge in [0.2, 0.25) is 5.95 Å². The lowest BCUT2D eigenvalue weighted by molar-refractivity contribution is 0.755. The number of aromatic amines is 1. The van der Waals surface area contributed by atoms with Gasteiger partial charge in [-0.25, -0.2) is 4.79 Å². The third-order valence-electron chi connectivity index (χ3n) is 2.44. The number of rotatable bonds is 4. The first-order chi connectivity index (χ1) is 8.24. The number of hydrogen-bond acceptors (Lipinski definition) is 4. The van der Waals surface area contributed by atoms with Crippen molar-refractivity contribution in [3.05, 3.63) is 52.2 Å². The maximum atomic E-state index is 11.1. The van der Waals surface area contributed by atoms with Gasteiger partial charge in [-0.15, -0.1) is 0 Å². The molecular weight excluding hydrogens is 216 g/mol. The van der Waals surface area contributed by atoms with Gasteiger partial charge in [0.05, 0.1) is 0 Å². The quantitative estimate of drug-likeness (QED) is 0.818. The van der Waals surface area contributed by atoms with Crippen LogP contribution in [0.3, 0.4) is 0 Å². The topological polar surface area (TPSA) is 84.7 Å².